The van der Waals surface area contributed by atoms with Crippen LogP contribution in [0.2, 0.25) is 5.02 Å². The summed E-state index contributed by atoms with van der Waals surface area (Å²) in [5, 5.41) is 3.02. The molecule has 0 fully saturated rings. The average Bonchev–Trinajstić information content (AvgIpc) is 2.61. The van der Waals surface area contributed by atoms with Gasteiger partial charge in [0.15, 0.2) is 0 Å². The molecule has 2 aromatic carbocycles. The molecule has 0 radical (unpaired) electrons. The Bertz CT molecular complexity index is 961. The number of sulfonamides is 1. The van der Waals surface area contributed by atoms with Crippen molar-refractivity contribution in [1.82, 2.24) is 4.31 Å². The molecular formula is C19H21ClN2O5S. The lowest BCUT2D eigenvalue weighted by Gasteiger charge is -2.19. The van der Waals surface area contributed by atoms with Crippen LogP contribution < -0.4 is 5.32 Å². The lowest BCUT2D eigenvalue weighted by atomic mass is 10.1. The van der Waals surface area contributed by atoms with Crippen LogP contribution in [-0.4, -0.2) is 38.2 Å². The Morgan fingerprint density at radius 2 is 1.75 bits per heavy atom. The minimum atomic E-state index is -3.89. The van der Waals surface area contributed by atoms with E-state index in [-0.39, 0.29) is 10.8 Å². The molecule has 0 aliphatic rings. The first-order chi connectivity index (χ1) is 13.1. The number of amides is 1. The molecular weight excluding hydrogens is 404 g/mol. The minimum absolute atomic E-state index is 0.00365. The number of hydrogen-bond acceptors (Lipinski definition) is 5. The summed E-state index contributed by atoms with van der Waals surface area (Å²) < 4.78 is 31.5. The van der Waals surface area contributed by atoms with E-state index in [0.29, 0.717) is 16.3 Å². The first-order valence-electron chi connectivity index (χ1n) is 8.39. The second-order valence-corrected chi connectivity index (χ2v) is 8.57. The van der Waals surface area contributed by atoms with Crippen molar-refractivity contribution in [3.8, 4) is 0 Å². The van der Waals surface area contributed by atoms with Crippen molar-refractivity contribution in [2.75, 3.05) is 18.9 Å². The maximum atomic E-state index is 12.6. The van der Waals surface area contributed by atoms with Gasteiger partial charge in [-0.1, -0.05) is 29.8 Å². The summed E-state index contributed by atoms with van der Waals surface area (Å²) in [5.41, 5.74) is 1.11. The van der Waals surface area contributed by atoms with Gasteiger partial charge in [0.05, 0.1) is 4.90 Å². The molecule has 150 valence electrons. The van der Waals surface area contributed by atoms with Gasteiger partial charge in [-0.3, -0.25) is 9.59 Å². The van der Waals surface area contributed by atoms with Crippen molar-refractivity contribution < 1.29 is 22.7 Å². The van der Waals surface area contributed by atoms with E-state index < -0.39 is 28.6 Å². The number of anilines is 1. The highest BCUT2D eigenvalue weighted by molar-refractivity contribution is 7.89. The standard InChI is InChI=1S/C19H21ClN2O5S/c1-13(17-6-4-5-7-18(17)20)27-19(24)12-22(3)28(25,26)16-10-8-15(9-11-16)21-14(2)23/h4-11,13H,12H2,1-3H3,(H,21,23). The van der Waals surface area contributed by atoms with Crippen LogP contribution in [0.5, 0.6) is 0 Å². The van der Waals surface area contributed by atoms with Crippen LogP contribution in [0.15, 0.2) is 53.4 Å². The molecule has 2 aromatic rings. The van der Waals surface area contributed by atoms with E-state index in [0.717, 1.165) is 4.31 Å². The predicted octanol–water partition coefficient (Wildman–Crippen LogP) is 3.22. The van der Waals surface area contributed by atoms with Gasteiger partial charge in [0, 0.05) is 30.2 Å². The number of hydrogen-bond donors (Lipinski definition) is 1. The fraction of sp³-hybridized carbons (Fsp3) is 0.263. The third-order valence-electron chi connectivity index (χ3n) is 3.89. The maximum absolute atomic E-state index is 12.6. The largest absolute Gasteiger partial charge is 0.457 e. The third-order valence-corrected chi connectivity index (χ3v) is 6.05. The molecule has 0 bridgehead atoms. The van der Waals surface area contributed by atoms with Gasteiger partial charge in [0.25, 0.3) is 0 Å². The molecule has 7 nitrogen and oxygen atoms in total. The van der Waals surface area contributed by atoms with Gasteiger partial charge < -0.3 is 10.1 Å². The van der Waals surface area contributed by atoms with Crippen molar-refractivity contribution in [1.29, 1.82) is 0 Å². The van der Waals surface area contributed by atoms with Crippen LogP contribution >= 0.6 is 11.6 Å². The lowest BCUT2D eigenvalue weighted by Crippen LogP contribution is -2.33. The first-order valence-corrected chi connectivity index (χ1v) is 10.2. The molecule has 0 aliphatic carbocycles. The van der Waals surface area contributed by atoms with Crippen LogP contribution in [0.3, 0.4) is 0 Å². The number of likely N-dealkylation sites (N-methyl/N-ethyl adjacent to an activating group) is 1. The number of esters is 1. The van der Waals surface area contributed by atoms with Gasteiger partial charge in [-0.25, -0.2) is 8.42 Å². The number of nitrogens with zero attached hydrogens (tertiary/aromatic N) is 1. The maximum Gasteiger partial charge on any atom is 0.321 e. The van der Waals surface area contributed by atoms with Crippen molar-refractivity contribution in [3.05, 3.63) is 59.1 Å². The summed E-state index contributed by atoms with van der Waals surface area (Å²) in [6.45, 7) is 2.56. The van der Waals surface area contributed by atoms with E-state index in [9.17, 15) is 18.0 Å². The zero-order chi connectivity index (χ0) is 20.9. The number of ether oxygens (including phenoxy) is 1. The number of benzene rings is 2. The van der Waals surface area contributed by atoms with Crippen LogP contribution in [0.4, 0.5) is 5.69 Å². The minimum Gasteiger partial charge on any atom is -0.457 e. The lowest BCUT2D eigenvalue weighted by molar-refractivity contribution is -0.148. The van der Waals surface area contributed by atoms with Crippen LogP contribution in [-0.2, 0) is 24.3 Å². The van der Waals surface area contributed by atoms with Gasteiger partial charge in [-0.15, -0.1) is 0 Å². The topological polar surface area (TPSA) is 92.8 Å². The third kappa shape index (κ3) is 5.54. The fourth-order valence-electron chi connectivity index (χ4n) is 2.46. The number of halogens is 1. The summed E-state index contributed by atoms with van der Waals surface area (Å²) in [6, 6.07) is 12.6. The van der Waals surface area contributed by atoms with E-state index in [4.69, 9.17) is 16.3 Å². The SMILES string of the molecule is CC(=O)Nc1ccc(S(=O)(=O)N(C)CC(=O)OC(C)c2ccccc2Cl)cc1. The summed E-state index contributed by atoms with van der Waals surface area (Å²) in [6.07, 6.45) is -0.616. The second-order valence-electron chi connectivity index (χ2n) is 6.12. The molecule has 9 heteroatoms. The number of carbonyl (C=O) groups excluding carboxylic acids is 2. The summed E-state index contributed by atoms with van der Waals surface area (Å²) in [7, 11) is -2.60. The summed E-state index contributed by atoms with van der Waals surface area (Å²) >= 11 is 6.08. The van der Waals surface area contributed by atoms with Crippen molar-refractivity contribution >= 4 is 39.2 Å². The van der Waals surface area contributed by atoms with Crippen molar-refractivity contribution in [3.63, 3.8) is 0 Å². The monoisotopic (exact) mass is 424 g/mol. The molecule has 0 aliphatic heterocycles. The first kappa shape index (κ1) is 21.9. The highest BCUT2D eigenvalue weighted by Crippen LogP contribution is 2.25. The Hall–Kier alpha value is -2.42. The van der Waals surface area contributed by atoms with Crippen molar-refractivity contribution in [2.45, 2.75) is 24.8 Å². The van der Waals surface area contributed by atoms with Crippen molar-refractivity contribution in [2.24, 2.45) is 0 Å². The Kier molecular flexibility index (Phi) is 7.17. The van der Waals surface area contributed by atoms with E-state index in [2.05, 4.69) is 5.32 Å². The summed E-state index contributed by atoms with van der Waals surface area (Å²) in [5.74, 6) is -0.962. The van der Waals surface area contributed by atoms with Gasteiger partial charge in [-0.05, 0) is 37.3 Å². The molecule has 0 heterocycles. The molecule has 0 spiro atoms. The smallest absolute Gasteiger partial charge is 0.321 e. The molecule has 1 N–H and O–H groups in total. The molecule has 0 aromatic heterocycles. The quantitative estimate of drug-likeness (QED) is 0.689. The van der Waals surface area contributed by atoms with E-state index in [1.54, 1.807) is 31.2 Å². The Morgan fingerprint density at radius 1 is 1.14 bits per heavy atom. The van der Waals surface area contributed by atoms with Gasteiger partial charge in [0.1, 0.15) is 12.6 Å². The van der Waals surface area contributed by atoms with Gasteiger partial charge in [0.2, 0.25) is 15.9 Å². The highest BCUT2D eigenvalue weighted by atomic mass is 35.5. The zero-order valence-electron chi connectivity index (χ0n) is 15.7. The average molecular weight is 425 g/mol. The second kappa shape index (κ2) is 9.18. The molecule has 28 heavy (non-hydrogen) atoms. The van der Waals surface area contributed by atoms with Crippen LogP contribution in [0.1, 0.15) is 25.5 Å². The normalized spacial score (nSPS) is 12.5. The number of rotatable bonds is 7. The molecule has 1 amide bonds. The molecule has 0 saturated heterocycles. The van der Waals surface area contributed by atoms with E-state index in [1.165, 1.54) is 38.2 Å². The predicted molar refractivity (Wildman–Crippen MR) is 107 cm³/mol. The Balaban J connectivity index is 2.04. The Labute approximate surface area is 169 Å². The highest BCUT2D eigenvalue weighted by Gasteiger charge is 2.25. The fourth-order valence-corrected chi connectivity index (χ4v) is 3.87. The molecule has 0 saturated carbocycles. The Morgan fingerprint density at radius 3 is 2.32 bits per heavy atom. The zero-order valence-corrected chi connectivity index (χ0v) is 17.3. The van der Waals surface area contributed by atoms with E-state index in [1.807, 2.05) is 0 Å². The van der Waals surface area contributed by atoms with Gasteiger partial charge >= 0.3 is 5.97 Å². The summed E-state index contributed by atoms with van der Waals surface area (Å²) in [4.78, 5) is 23.2. The molecule has 1 atom stereocenters. The van der Waals surface area contributed by atoms with Crippen LogP contribution in [0.25, 0.3) is 0 Å². The number of nitrogens with one attached hydrogen (secondary N) is 1. The number of carbonyl (C=O) groups is 2. The molecule has 2 rings (SSSR count). The van der Waals surface area contributed by atoms with Gasteiger partial charge in [-0.2, -0.15) is 4.31 Å². The van der Waals surface area contributed by atoms with E-state index >= 15 is 0 Å². The molecule has 1 unspecified atom stereocenters. The van der Waals surface area contributed by atoms with Crippen LogP contribution in [0, 0.1) is 0 Å².